The molecule has 2 rings (SSSR count). The first-order valence-electron chi connectivity index (χ1n) is 6.62. The van der Waals surface area contributed by atoms with Crippen molar-refractivity contribution >= 4 is 17.4 Å². The standard InChI is InChI=1S/C15H18ClN3O/c1-3-6-17-15-9-18-12(8-19-15)10-20-14-7-11(2)4-5-13(14)16/h4-5,7-9H,3,6,10H2,1-2H3,(H,17,19). The van der Waals surface area contributed by atoms with Gasteiger partial charge in [0, 0.05) is 6.54 Å². The topological polar surface area (TPSA) is 47.0 Å². The second-order valence-electron chi connectivity index (χ2n) is 4.54. The second-order valence-corrected chi connectivity index (χ2v) is 4.95. The molecule has 0 fully saturated rings. The van der Waals surface area contributed by atoms with Crippen LogP contribution in [0.3, 0.4) is 0 Å². The first kappa shape index (κ1) is 14.6. The smallest absolute Gasteiger partial charge is 0.144 e. The Kier molecular flexibility index (Phi) is 5.18. The molecule has 0 unspecified atom stereocenters. The molecule has 4 nitrogen and oxygen atoms in total. The van der Waals surface area contributed by atoms with Crippen LogP contribution in [0.25, 0.3) is 0 Å². The Balaban J connectivity index is 1.95. The number of halogens is 1. The van der Waals surface area contributed by atoms with Crippen molar-refractivity contribution in [2.24, 2.45) is 0 Å². The van der Waals surface area contributed by atoms with Crippen molar-refractivity contribution in [2.75, 3.05) is 11.9 Å². The van der Waals surface area contributed by atoms with Crippen molar-refractivity contribution in [3.63, 3.8) is 0 Å². The lowest BCUT2D eigenvalue weighted by Gasteiger charge is -2.09. The first-order valence-corrected chi connectivity index (χ1v) is 7.00. The Labute approximate surface area is 124 Å². The summed E-state index contributed by atoms with van der Waals surface area (Å²) in [6.45, 7) is 5.35. The molecule has 1 aromatic heterocycles. The van der Waals surface area contributed by atoms with Gasteiger partial charge in [-0.25, -0.2) is 4.98 Å². The highest BCUT2D eigenvalue weighted by Gasteiger charge is 2.03. The number of ether oxygens (including phenoxy) is 1. The highest BCUT2D eigenvalue weighted by atomic mass is 35.5. The van der Waals surface area contributed by atoms with E-state index in [9.17, 15) is 0 Å². The van der Waals surface area contributed by atoms with E-state index in [0.717, 1.165) is 30.0 Å². The summed E-state index contributed by atoms with van der Waals surface area (Å²) in [5, 5.41) is 3.78. The molecule has 0 saturated heterocycles. The third-order valence-electron chi connectivity index (χ3n) is 2.72. The molecule has 106 valence electrons. The molecule has 0 radical (unpaired) electrons. The molecule has 1 heterocycles. The SMILES string of the molecule is CCCNc1cnc(COc2cc(C)ccc2Cl)cn1. The van der Waals surface area contributed by atoms with E-state index < -0.39 is 0 Å². The number of aromatic nitrogens is 2. The van der Waals surface area contributed by atoms with Gasteiger partial charge in [-0.2, -0.15) is 0 Å². The monoisotopic (exact) mass is 291 g/mol. The lowest BCUT2D eigenvalue weighted by atomic mass is 10.2. The second kappa shape index (κ2) is 7.10. The minimum atomic E-state index is 0.351. The Morgan fingerprint density at radius 2 is 2.10 bits per heavy atom. The van der Waals surface area contributed by atoms with Crippen molar-refractivity contribution in [3.05, 3.63) is 46.9 Å². The van der Waals surface area contributed by atoms with Crippen LogP contribution in [-0.2, 0) is 6.61 Å². The van der Waals surface area contributed by atoms with Crippen molar-refractivity contribution in [1.82, 2.24) is 9.97 Å². The maximum absolute atomic E-state index is 6.07. The van der Waals surface area contributed by atoms with Crippen molar-refractivity contribution < 1.29 is 4.74 Å². The molecule has 0 aliphatic rings. The van der Waals surface area contributed by atoms with E-state index in [4.69, 9.17) is 16.3 Å². The van der Waals surface area contributed by atoms with Crippen LogP contribution >= 0.6 is 11.6 Å². The Hall–Kier alpha value is -1.81. The Morgan fingerprint density at radius 3 is 2.80 bits per heavy atom. The molecule has 0 aliphatic heterocycles. The van der Waals surface area contributed by atoms with E-state index >= 15 is 0 Å². The van der Waals surface area contributed by atoms with Gasteiger partial charge in [0.1, 0.15) is 18.2 Å². The fraction of sp³-hybridized carbons (Fsp3) is 0.333. The molecule has 0 spiro atoms. The van der Waals surface area contributed by atoms with Gasteiger partial charge in [0.25, 0.3) is 0 Å². The van der Waals surface area contributed by atoms with Crippen LogP contribution in [0.15, 0.2) is 30.6 Å². The molecule has 2 aromatic rings. The predicted octanol–water partition coefficient (Wildman–Crippen LogP) is 3.84. The average Bonchev–Trinajstić information content (AvgIpc) is 2.47. The summed E-state index contributed by atoms with van der Waals surface area (Å²) in [5.74, 6) is 1.45. The summed E-state index contributed by atoms with van der Waals surface area (Å²) < 4.78 is 5.67. The number of aryl methyl sites for hydroxylation is 1. The summed E-state index contributed by atoms with van der Waals surface area (Å²) in [6.07, 6.45) is 4.48. The summed E-state index contributed by atoms with van der Waals surface area (Å²) in [6, 6.07) is 5.69. The average molecular weight is 292 g/mol. The highest BCUT2D eigenvalue weighted by Crippen LogP contribution is 2.25. The molecule has 0 bridgehead atoms. The van der Waals surface area contributed by atoms with Gasteiger partial charge in [-0.15, -0.1) is 0 Å². The van der Waals surface area contributed by atoms with Gasteiger partial charge in [0.2, 0.25) is 0 Å². The fourth-order valence-corrected chi connectivity index (χ4v) is 1.82. The van der Waals surface area contributed by atoms with Crippen molar-refractivity contribution in [2.45, 2.75) is 26.9 Å². The minimum Gasteiger partial charge on any atom is -0.486 e. The van der Waals surface area contributed by atoms with Crippen molar-refractivity contribution in [3.8, 4) is 5.75 Å². The summed E-state index contributed by atoms with van der Waals surface area (Å²) >= 11 is 6.07. The number of rotatable bonds is 6. The molecule has 0 aliphatic carbocycles. The van der Waals surface area contributed by atoms with Gasteiger partial charge in [0.15, 0.2) is 0 Å². The van der Waals surface area contributed by atoms with Crippen LogP contribution in [0.4, 0.5) is 5.82 Å². The number of anilines is 1. The van der Waals surface area contributed by atoms with E-state index in [-0.39, 0.29) is 0 Å². The zero-order valence-electron chi connectivity index (χ0n) is 11.7. The quantitative estimate of drug-likeness (QED) is 0.878. The van der Waals surface area contributed by atoms with E-state index in [2.05, 4.69) is 22.2 Å². The van der Waals surface area contributed by atoms with Crippen LogP contribution in [0.5, 0.6) is 5.75 Å². The van der Waals surface area contributed by atoms with Crippen LogP contribution in [0.1, 0.15) is 24.6 Å². The maximum Gasteiger partial charge on any atom is 0.144 e. The summed E-state index contributed by atoms with van der Waals surface area (Å²) in [4.78, 5) is 8.59. The van der Waals surface area contributed by atoms with E-state index in [0.29, 0.717) is 17.4 Å². The molecule has 1 aromatic carbocycles. The molecular weight excluding hydrogens is 274 g/mol. The molecule has 0 atom stereocenters. The molecule has 20 heavy (non-hydrogen) atoms. The molecule has 0 saturated carbocycles. The minimum absolute atomic E-state index is 0.351. The highest BCUT2D eigenvalue weighted by molar-refractivity contribution is 6.32. The number of nitrogens with one attached hydrogen (secondary N) is 1. The van der Waals surface area contributed by atoms with Gasteiger partial charge in [-0.3, -0.25) is 4.98 Å². The van der Waals surface area contributed by atoms with E-state index in [1.807, 2.05) is 25.1 Å². The van der Waals surface area contributed by atoms with E-state index in [1.54, 1.807) is 12.4 Å². The third kappa shape index (κ3) is 4.10. The van der Waals surface area contributed by atoms with Crippen LogP contribution in [0.2, 0.25) is 5.02 Å². The van der Waals surface area contributed by atoms with Gasteiger partial charge in [-0.1, -0.05) is 24.6 Å². The zero-order chi connectivity index (χ0) is 14.4. The largest absolute Gasteiger partial charge is 0.486 e. The first-order chi connectivity index (χ1) is 9.69. The van der Waals surface area contributed by atoms with Crippen LogP contribution in [-0.4, -0.2) is 16.5 Å². The van der Waals surface area contributed by atoms with Gasteiger partial charge >= 0.3 is 0 Å². The number of nitrogens with zero attached hydrogens (tertiary/aromatic N) is 2. The van der Waals surface area contributed by atoms with Crippen LogP contribution in [0, 0.1) is 6.92 Å². The molecule has 5 heteroatoms. The summed E-state index contributed by atoms with van der Waals surface area (Å²) in [5.41, 5.74) is 1.87. The Bertz CT molecular complexity index is 558. The van der Waals surface area contributed by atoms with Gasteiger partial charge in [-0.05, 0) is 31.0 Å². The molecule has 1 N–H and O–H groups in total. The lowest BCUT2D eigenvalue weighted by Crippen LogP contribution is -2.04. The Morgan fingerprint density at radius 1 is 1.25 bits per heavy atom. The normalized spacial score (nSPS) is 10.3. The molecule has 0 amide bonds. The number of hydrogen-bond acceptors (Lipinski definition) is 4. The number of benzene rings is 1. The van der Waals surface area contributed by atoms with Crippen molar-refractivity contribution in [1.29, 1.82) is 0 Å². The van der Waals surface area contributed by atoms with Crippen LogP contribution < -0.4 is 10.1 Å². The summed E-state index contributed by atoms with van der Waals surface area (Å²) in [7, 11) is 0. The molecular formula is C15H18ClN3O. The van der Waals surface area contributed by atoms with E-state index in [1.165, 1.54) is 0 Å². The third-order valence-corrected chi connectivity index (χ3v) is 3.04. The fourth-order valence-electron chi connectivity index (χ4n) is 1.65. The van der Waals surface area contributed by atoms with Gasteiger partial charge in [0.05, 0.1) is 23.1 Å². The maximum atomic E-state index is 6.07. The van der Waals surface area contributed by atoms with Gasteiger partial charge < -0.3 is 10.1 Å². The zero-order valence-corrected chi connectivity index (χ0v) is 12.4. The number of hydrogen-bond donors (Lipinski definition) is 1. The lowest BCUT2D eigenvalue weighted by molar-refractivity contribution is 0.301. The predicted molar refractivity (Wildman–Crippen MR) is 81.3 cm³/mol.